The normalized spacial score (nSPS) is 17.7. The minimum atomic E-state index is -3.58. The summed E-state index contributed by atoms with van der Waals surface area (Å²) in [5, 5.41) is 3.31. The molecule has 1 heterocycles. The van der Waals surface area contributed by atoms with Gasteiger partial charge in [0.15, 0.2) is 0 Å². The quantitative estimate of drug-likeness (QED) is 0.776. The molecular weight excluding hydrogens is 328 g/mol. The first-order valence-corrected chi connectivity index (χ1v) is 9.67. The summed E-state index contributed by atoms with van der Waals surface area (Å²) in [6.45, 7) is 6.37. The fraction of sp³-hybridized carbons (Fsp3) is 0.647. The standard InChI is InChI=1S/C17H28N2O4S/c1-13-14(2)16(6-5-15(13)23-4)24(20,21)19-11-17(12-22-3)7-9-18-10-8-17/h5-6,18-19H,7-12H2,1-4H3. The maximum atomic E-state index is 12.8. The molecule has 7 heteroatoms. The number of benzene rings is 1. The molecule has 0 aromatic heterocycles. The van der Waals surface area contributed by atoms with Crippen molar-refractivity contribution in [2.45, 2.75) is 31.6 Å². The molecule has 0 saturated carbocycles. The molecule has 0 spiro atoms. The van der Waals surface area contributed by atoms with Crippen LogP contribution < -0.4 is 14.8 Å². The summed E-state index contributed by atoms with van der Waals surface area (Å²) < 4.78 is 39.0. The van der Waals surface area contributed by atoms with Crippen LogP contribution in [0.5, 0.6) is 5.75 Å². The molecule has 1 aliphatic rings. The van der Waals surface area contributed by atoms with Crippen LogP contribution in [0, 0.1) is 19.3 Å². The van der Waals surface area contributed by atoms with E-state index in [-0.39, 0.29) is 5.41 Å². The number of hydrogen-bond acceptors (Lipinski definition) is 5. The fourth-order valence-electron chi connectivity index (χ4n) is 3.24. The van der Waals surface area contributed by atoms with Gasteiger partial charge in [0, 0.05) is 19.1 Å². The van der Waals surface area contributed by atoms with Crippen molar-refractivity contribution >= 4 is 10.0 Å². The molecule has 136 valence electrons. The number of nitrogens with one attached hydrogen (secondary N) is 2. The Balaban J connectivity index is 2.20. The van der Waals surface area contributed by atoms with E-state index in [0.29, 0.717) is 29.4 Å². The number of hydrogen-bond donors (Lipinski definition) is 2. The molecule has 2 rings (SSSR count). The number of methoxy groups -OCH3 is 2. The summed E-state index contributed by atoms with van der Waals surface area (Å²) in [7, 11) is -0.331. The first-order valence-electron chi connectivity index (χ1n) is 8.19. The van der Waals surface area contributed by atoms with E-state index in [2.05, 4.69) is 10.0 Å². The molecule has 1 aliphatic heterocycles. The second-order valence-electron chi connectivity index (χ2n) is 6.52. The van der Waals surface area contributed by atoms with Crippen molar-refractivity contribution < 1.29 is 17.9 Å². The Kier molecular flexibility index (Phi) is 6.25. The summed E-state index contributed by atoms with van der Waals surface area (Å²) in [4.78, 5) is 0.308. The Morgan fingerprint density at radius 3 is 2.42 bits per heavy atom. The van der Waals surface area contributed by atoms with Crippen molar-refractivity contribution in [3.8, 4) is 5.75 Å². The van der Waals surface area contributed by atoms with Crippen LogP contribution in [0.3, 0.4) is 0 Å². The van der Waals surface area contributed by atoms with Gasteiger partial charge < -0.3 is 14.8 Å². The second-order valence-corrected chi connectivity index (χ2v) is 8.26. The summed E-state index contributed by atoms with van der Waals surface area (Å²) in [5.74, 6) is 0.695. The van der Waals surface area contributed by atoms with Gasteiger partial charge in [-0.2, -0.15) is 0 Å². The Morgan fingerprint density at radius 1 is 1.17 bits per heavy atom. The predicted molar refractivity (Wildman–Crippen MR) is 94.1 cm³/mol. The van der Waals surface area contributed by atoms with Crippen molar-refractivity contribution in [3.63, 3.8) is 0 Å². The van der Waals surface area contributed by atoms with E-state index < -0.39 is 10.0 Å². The molecular formula is C17H28N2O4S. The summed E-state index contributed by atoms with van der Waals surface area (Å²) in [6.07, 6.45) is 1.79. The van der Waals surface area contributed by atoms with Crippen LogP contribution in [0.4, 0.5) is 0 Å². The number of sulfonamides is 1. The molecule has 2 N–H and O–H groups in total. The fourth-order valence-corrected chi connectivity index (χ4v) is 4.70. The van der Waals surface area contributed by atoms with E-state index in [4.69, 9.17) is 9.47 Å². The second kappa shape index (κ2) is 7.82. The SMILES string of the molecule is COCC1(CNS(=O)(=O)c2ccc(OC)c(C)c2C)CCNCC1. The third-order valence-corrected chi connectivity index (χ3v) is 6.49. The smallest absolute Gasteiger partial charge is 0.240 e. The zero-order chi connectivity index (χ0) is 17.8. The third kappa shape index (κ3) is 4.08. The van der Waals surface area contributed by atoms with Crippen LogP contribution in [0.2, 0.25) is 0 Å². The van der Waals surface area contributed by atoms with Crippen LogP contribution in [0.1, 0.15) is 24.0 Å². The van der Waals surface area contributed by atoms with Crippen LogP contribution >= 0.6 is 0 Å². The minimum Gasteiger partial charge on any atom is -0.496 e. The maximum Gasteiger partial charge on any atom is 0.240 e. The van der Waals surface area contributed by atoms with E-state index in [9.17, 15) is 8.42 Å². The molecule has 0 radical (unpaired) electrons. The first kappa shape index (κ1) is 19.2. The van der Waals surface area contributed by atoms with Crippen molar-refractivity contribution in [1.29, 1.82) is 0 Å². The molecule has 0 bridgehead atoms. The molecule has 1 saturated heterocycles. The highest BCUT2D eigenvalue weighted by Crippen LogP contribution is 2.30. The molecule has 0 amide bonds. The van der Waals surface area contributed by atoms with E-state index in [1.165, 1.54) is 0 Å². The zero-order valence-corrected chi connectivity index (χ0v) is 15.8. The van der Waals surface area contributed by atoms with Gasteiger partial charge in [0.05, 0.1) is 18.6 Å². The average molecular weight is 356 g/mol. The Morgan fingerprint density at radius 2 is 1.83 bits per heavy atom. The van der Waals surface area contributed by atoms with Crippen LogP contribution in [0.15, 0.2) is 17.0 Å². The Bertz CT molecular complexity index is 662. The Labute approximate surface area is 145 Å². The molecule has 1 aromatic carbocycles. The number of rotatable bonds is 7. The maximum absolute atomic E-state index is 12.8. The molecule has 24 heavy (non-hydrogen) atoms. The highest BCUT2D eigenvalue weighted by atomic mass is 32.2. The third-order valence-electron chi connectivity index (χ3n) is 4.95. The lowest BCUT2D eigenvalue weighted by atomic mass is 9.80. The van der Waals surface area contributed by atoms with Gasteiger partial charge in [0.2, 0.25) is 10.0 Å². The van der Waals surface area contributed by atoms with Gasteiger partial charge in [-0.3, -0.25) is 0 Å². The summed E-state index contributed by atoms with van der Waals surface area (Å²) in [6, 6.07) is 3.31. The highest BCUT2D eigenvalue weighted by Gasteiger charge is 2.34. The summed E-state index contributed by atoms with van der Waals surface area (Å²) >= 11 is 0. The van der Waals surface area contributed by atoms with Gasteiger partial charge in [-0.05, 0) is 63.0 Å². The monoisotopic (exact) mass is 356 g/mol. The molecule has 6 nitrogen and oxygen atoms in total. The average Bonchev–Trinajstić information content (AvgIpc) is 2.57. The summed E-state index contributed by atoms with van der Waals surface area (Å²) in [5.41, 5.74) is 1.41. The van der Waals surface area contributed by atoms with Gasteiger partial charge in [0.1, 0.15) is 5.75 Å². The molecule has 1 aromatic rings. The minimum absolute atomic E-state index is 0.150. The Hall–Kier alpha value is -1.15. The lowest BCUT2D eigenvalue weighted by Crippen LogP contribution is -2.47. The highest BCUT2D eigenvalue weighted by molar-refractivity contribution is 7.89. The van der Waals surface area contributed by atoms with E-state index in [1.54, 1.807) is 26.4 Å². The van der Waals surface area contributed by atoms with Crippen LogP contribution in [-0.4, -0.2) is 48.9 Å². The number of piperidine rings is 1. The van der Waals surface area contributed by atoms with Gasteiger partial charge >= 0.3 is 0 Å². The van der Waals surface area contributed by atoms with Crippen molar-refractivity contribution in [1.82, 2.24) is 10.0 Å². The molecule has 0 unspecified atom stereocenters. The molecule has 0 aliphatic carbocycles. The van der Waals surface area contributed by atoms with Gasteiger partial charge in [-0.15, -0.1) is 0 Å². The lowest BCUT2D eigenvalue weighted by molar-refractivity contribution is 0.0577. The topological polar surface area (TPSA) is 76.7 Å². The van der Waals surface area contributed by atoms with Crippen LogP contribution in [0.25, 0.3) is 0 Å². The first-order chi connectivity index (χ1) is 11.4. The van der Waals surface area contributed by atoms with Gasteiger partial charge in [-0.1, -0.05) is 0 Å². The van der Waals surface area contributed by atoms with E-state index >= 15 is 0 Å². The molecule has 1 fully saturated rings. The van der Waals surface area contributed by atoms with Gasteiger partial charge in [0.25, 0.3) is 0 Å². The van der Waals surface area contributed by atoms with Crippen molar-refractivity contribution in [3.05, 3.63) is 23.3 Å². The largest absolute Gasteiger partial charge is 0.496 e. The van der Waals surface area contributed by atoms with E-state index in [1.807, 2.05) is 13.8 Å². The van der Waals surface area contributed by atoms with Crippen LogP contribution in [-0.2, 0) is 14.8 Å². The van der Waals surface area contributed by atoms with Crippen molar-refractivity contribution in [2.75, 3.05) is 40.5 Å². The zero-order valence-electron chi connectivity index (χ0n) is 14.9. The molecule has 0 atom stereocenters. The number of ether oxygens (including phenoxy) is 2. The lowest BCUT2D eigenvalue weighted by Gasteiger charge is -2.37. The van der Waals surface area contributed by atoms with Gasteiger partial charge in [-0.25, -0.2) is 13.1 Å². The van der Waals surface area contributed by atoms with Crippen molar-refractivity contribution in [2.24, 2.45) is 5.41 Å². The van der Waals surface area contributed by atoms with E-state index in [0.717, 1.165) is 31.5 Å². The predicted octanol–water partition coefficient (Wildman–Crippen LogP) is 1.61.